The summed E-state index contributed by atoms with van der Waals surface area (Å²) in [7, 11) is 0. The molecule has 0 saturated carbocycles. The smallest absolute Gasteiger partial charge is 0.338 e. The van der Waals surface area contributed by atoms with E-state index in [1.54, 1.807) is 0 Å². The van der Waals surface area contributed by atoms with Crippen LogP contribution in [0.1, 0.15) is 20.7 Å². The van der Waals surface area contributed by atoms with E-state index in [1.165, 1.54) is 6.20 Å². The first-order valence-corrected chi connectivity index (χ1v) is 3.93. The number of pyridine rings is 1. The van der Waals surface area contributed by atoms with Crippen LogP contribution in [-0.4, -0.2) is 27.1 Å². The zero-order valence-electron chi connectivity index (χ0n) is 6.19. The Morgan fingerprint density at radius 3 is 2.23 bits per heavy atom. The van der Waals surface area contributed by atoms with E-state index in [1.807, 2.05) is 0 Å². The summed E-state index contributed by atoms with van der Waals surface area (Å²) in [5.74, 6) is -2.61. The molecule has 1 aromatic heterocycles. The van der Waals surface area contributed by atoms with Gasteiger partial charge in [-0.05, 0) is 15.9 Å². The second kappa shape index (κ2) is 3.53. The Bertz CT molecular complexity index is 377. The number of carboxylic acid groups (broad SMARTS) is 2. The molecule has 0 fully saturated rings. The fourth-order valence-corrected chi connectivity index (χ4v) is 1.32. The van der Waals surface area contributed by atoms with Crippen LogP contribution in [0.4, 0.5) is 0 Å². The zero-order valence-corrected chi connectivity index (χ0v) is 7.78. The molecule has 68 valence electrons. The third kappa shape index (κ3) is 1.83. The molecule has 0 spiro atoms. The number of carboxylic acids is 2. The molecule has 0 atom stereocenters. The summed E-state index contributed by atoms with van der Waals surface area (Å²) >= 11 is 2.91. The number of rotatable bonds is 2. The third-order valence-corrected chi connectivity index (χ3v) is 1.95. The molecule has 0 unspecified atom stereocenters. The van der Waals surface area contributed by atoms with Gasteiger partial charge in [0.15, 0.2) is 0 Å². The second-order valence-corrected chi connectivity index (χ2v) is 3.01. The van der Waals surface area contributed by atoms with E-state index in [0.29, 0.717) is 0 Å². The van der Waals surface area contributed by atoms with Crippen LogP contribution in [0.25, 0.3) is 0 Å². The molecular weight excluding hydrogens is 242 g/mol. The summed E-state index contributed by atoms with van der Waals surface area (Å²) in [4.78, 5) is 24.7. The maximum absolute atomic E-state index is 10.6. The fourth-order valence-electron chi connectivity index (χ4n) is 0.815. The van der Waals surface area contributed by atoms with Crippen LogP contribution in [0.3, 0.4) is 0 Å². The minimum absolute atomic E-state index is 0.153. The average molecular weight is 246 g/mol. The highest BCUT2D eigenvalue weighted by Gasteiger charge is 2.18. The molecule has 0 bridgehead atoms. The molecule has 0 aromatic carbocycles. The van der Waals surface area contributed by atoms with Gasteiger partial charge in [0.25, 0.3) is 0 Å². The predicted molar refractivity (Wildman–Crippen MR) is 45.9 cm³/mol. The molecule has 1 rings (SSSR count). The molecule has 2 N–H and O–H groups in total. The van der Waals surface area contributed by atoms with Gasteiger partial charge < -0.3 is 10.2 Å². The predicted octanol–water partition coefficient (Wildman–Crippen LogP) is 1.24. The van der Waals surface area contributed by atoms with Crippen molar-refractivity contribution in [2.45, 2.75) is 0 Å². The summed E-state index contributed by atoms with van der Waals surface area (Å²) < 4.78 is 0.153. The van der Waals surface area contributed by atoms with Crippen molar-refractivity contribution in [1.29, 1.82) is 0 Å². The van der Waals surface area contributed by atoms with Gasteiger partial charge in [0, 0.05) is 12.4 Å². The number of aromatic carboxylic acids is 2. The number of carbonyl (C=O) groups is 2. The van der Waals surface area contributed by atoms with E-state index in [9.17, 15) is 9.59 Å². The molecular formula is C7H4BrNO4. The Hall–Kier alpha value is -1.43. The minimum Gasteiger partial charge on any atom is -0.478 e. The van der Waals surface area contributed by atoms with Crippen LogP contribution < -0.4 is 0 Å². The van der Waals surface area contributed by atoms with Gasteiger partial charge in [0.05, 0.1) is 15.6 Å². The van der Waals surface area contributed by atoms with Gasteiger partial charge in [0.1, 0.15) is 0 Å². The van der Waals surface area contributed by atoms with E-state index in [4.69, 9.17) is 10.2 Å². The highest BCUT2D eigenvalue weighted by molar-refractivity contribution is 9.10. The van der Waals surface area contributed by atoms with Crippen molar-refractivity contribution >= 4 is 27.9 Å². The number of hydrogen-bond acceptors (Lipinski definition) is 3. The van der Waals surface area contributed by atoms with Crippen molar-refractivity contribution in [3.8, 4) is 0 Å². The van der Waals surface area contributed by atoms with Crippen molar-refractivity contribution in [1.82, 2.24) is 4.98 Å². The van der Waals surface area contributed by atoms with E-state index in [-0.39, 0.29) is 15.6 Å². The number of nitrogens with zero attached hydrogens (tertiary/aromatic N) is 1. The van der Waals surface area contributed by atoms with Gasteiger partial charge >= 0.3 is 11.9 Å². The lowest BCUT2D eigenvalue weighted by Gasteiger charge is -2.01. The lowest BCUT2D eigenvalue weighted by molar-refractivity contribution is 0.0650. The van der Waals surface area contributed by atoms with Gasteiger partial charge in [0.2, 0.25) is 0 Å². The maximum Gasteiger partial charge on any atom is 0.338 e. The van der Waals surface area contributed by atoms with Crippen molar-refractivity contribution in [3.05, 3.63) is 28.0 Å². The summed E-state index contributed by atoms with van der Waals surface area (Å²) in [6, 6.07) is 0. The first-order valence-electron chi connectivity index (χ1n) is 3.14. The number of hydrogen-bond donors (Lipinski definition) is 2. The molecule has 6 heteroatoms. The molecule has 0 aliphatic carbocycles. The molecule has 13 heavy (non-hydrogen) atoms. The summed E-state index contributed by atoms with van der Waals surface area (Å²) in [6.07, 6.45) is 2.23. The van der Waals surface area contributed by atoms with Gasteiger partial charge in [-0.3, -0.25) is 4.98 Å². The first kappa shape index (κ1) is 9.66. The zero-order chi connectivity index (χ0) is 10.0. The Morgan fingerprint density at radius 2 is 1.85 bits per heavy atom. The number of halogens is 1. The normalized spacial score (nSPS) is 9.62. The minimum atomic E-state index is -1.31. The standard InChI is InChI=1S/C7H4BrNO4/c8-4-2-9-1-3(6(10)11)5(4)7(12)13/h1-2H,(H,10,11)(H,12,13). The topological polar surface area (TPSA) is 87.5 Å². The molecule has 0 radical (unpaired) electrons. The summed E-state index contributed by atoms with van der Waals surface area (Å²) in [5.41, 5.74) is -0.621. The van der Waals surface area contributed by atoms with Crippen molar-refractivity contribution in [2.75, 3.05) is 0 Å². The SMILES string of the molecule is O=C(O)c1cncc(Br)c1C(=O)O. The number of aromatic nitrogens is 1. The lowest BCUT2D eigenvalue weighted by Crippen LogP contribution is -2.09. The van der Waals surface area contributed by atoms with Crippen LogP contribution in [0.5, 0.6) is 0 Å². The Kier molecular flexibility index (Phi) is 2.62. The molecule has 5 nitrogen and oxygen atoms in total. The Balaban J connectivity index is 3.43. The van der Waals surface area contributed by atoms with Crippen molar-refractivity contribution < 1.29 is 19.8 Å². The van der Waals surface area contributed by atoms with E-state index in [2.05, 4.69) is 20.9 Å². The summed E-state index contributed by atoms with van der Waals surface area (Å²) in [5, 5.41) is 17.3. The maximum atomic E-state index is 10.6. The Labute approximate surface area is 81.2 Å². The quantitative estimate of drug-likeness (QED) is 0.819. The molecule has 0 saturated heterocycles. The van der Waals surface area contributed by atoms with E-state index in [0.717, 1.165) is 6.20 Å². The Morgan fingerprint density at radius 1 is 1.23 bits per heavy atom. The molecule has 0 aliphatic heterocycles. The van der Waals surface area contributed by atoms with Gasteiger partial charge in [-0.2, -0.15) is 0 Å². The van der Waals surface area contributed by atoms with E-state index >= 15 is 0 Å². The molecule has 1 heterocycles. The van der Waals surface area contributed by atoms with Crippen LogP contribution >= 0.6 is 15.9 Å². The van der Waals surface area contributed by atoms with Gasteiger partial charge in [-0.1, -0.05) is 0 Å². The van der Waals surface area contributed by atoms with Crippen LogP contribution in [-0.2, 0) is 0 Å². The average Bonchev–Trinajstić information content (AvgIpc) is 2.02. The van der Waals surface area contributed by atoms with Crippen LogP contribution in [0.2, 0.25) is 0 Å². The molecule has 0 aliphatic rings. The van der Waals surface area contributed by atoms with Crippen molar-refractivity contribution in [3.63, 3.8) is 0 Å². The lowest BCUT2D eigenvalue weighted by atomic mass is 10.1. The first-order chi connectivity index (χ1) is 6.04. The van der Waals surface area contributed by atoms with Crippen LogP contribution in [0, 0.1) is 0 Å². The van der Waals surface area contributed by atoms with Gasteiger partial charge in [-0.15, -0.1) is 0 Å². The largest absolute Gasteiger partial charge is 0.478 e. The summed E-state index contributed by atoms with van der Waals surface area (Å²) in [6.45, 7) is 0. The van der Waals surface area contributed by atoms with Gasteiger partial charge in [-0.25, -0.2) is 9.59 Å². The van der Waals surface area contributed by atoms with Crippen molar-refractivity contribution in [2.24, 2.45) is 0 Å². The third-order valence-electron chi connectivity index (χ3n) is 1.34. The van der Waals surface area contributed by atoms with E-state index < -0.39 is 11.9 Å². The second-order valence-electron chi connectivity index (χ2n) is 2.15. The van der Waals surface area contributed by atoms with Crippen LogP contribution in [0.15, 0.2) is 16.9 Å². The highest BCUT2D eigenvalue weighted by atomic mass is 79.9. The fraction of sp³-hybridized carbons (Fsp3) is 0. The monoisotopic (exact) mass is 245 g/mol. The molecule has 1 aromatic rings. The highest BCUT2D eigenvalue weighted by Crippen LogP contribution is 2.18. The molecule has 0 amide bonds.